The van der Waals surface area contributed by atoms with E-state index in [2.05, 4.69) is 55.0 Å². The van der Waals surface area contributed by atoms with Crippen LogP contribution in [0.3, 0.4) is 0 Å². The lowest BCUT2D eigenvalue weighted by Gasteiger charge is -2.30. The maximum absolute atomic E-state index is 2.47. The molecule has 0 amide bonds. The van der Waals surface area contributed by atoms with E-state index in [9.17, 15) is 0 Å². The average Bonchev–Trinajstić information content (AvgIpc) is 2.94. The van der Waals surface area contributed by atoms with E-state index in [0.717, 1.165) is 11.8 Å². The SMILES string of the molecule is CCC1c2c(n(C)c3ccccc23)[C@@H]2C=C[C@@H]1C2. The van der Waals surface area contributed by atoms with Gasteiger partial charge in [0.05, 0.1) is 0 Å². The molecule has 2 bridgehead atoms. The zero-order valence-electron chi connectivity index (χ0n) is 11.1. The first-order chi connectivity index (χ1) is 8.81. The minimum Gasteiger partial charge on any atom is -0.347 e. The highest BCUT2D eigenvalue weighted by Crippen LogP contribution is 2.52. The number of para-hydroxylation sites is 1. The second-order valence-corrected chi connectivity index (χ2v) is 5.78. The van der Waals surface area contributed by atoms with Crippen LogP contribution < -0.4 is 0 Å². The molecule has 0 aliphatic heterocycles. The molecule has 2 aliphatic carbocycles. The number of aryl methyl sites for hydroxylation is 1. The van der Waals surface area contributed by atoms with E-state index in [1.165, 1.54) is 23.7 Å². The molecule has 1 heteroatoms. The van der Waals surface area contributed by atoms with Gasteiger partial charge < -0.3 is 4.57 Å². The Morgan fingerprint density at radius 3 is 2.89 bits per heavy atom. The second-order valence-electron chi connectivity index (χ2n) is 5.78. The van der Waals surface area contributed by atoms with Crippen LogP contribution in [-0.2, 0) is 7.05 Å². The van der Waals surface area contributed by atoms with Crippen molar-refractivity contribution in [2.45, 2.75) is 31.6 Å². The fourth-order valence-electron chi connectivity index (χ4n) is 4.23. The normalized spacial score (nSPS) is 28.9. The summed E-state index contributed by atoms with van der Waals surface area (Å²) in [6.07, 6.45) is 7.49. The van der Waals surface area contributed by atoms with Gasteiger partial charge in [-0.15, -0.1) is 0 Å². The summed E-state index contributed by atoms with van der Waals surface area (Å²) < 4.78 is 2.43. The maximum Gasteiger partial charge on any atom is 0.0483 e. The monoisotopic (exact) mass is 237 g/mol. The van der Waals surface area contributed by atoms with Crippen molar-refractivity contribution < 1.29 is 0 Å². The van der Waals surface area contributed by atoms with E-state index >= 15 is 0 Å². The lowest BCUT2D eigenvalue weighted by molar-refractivity contribution is 0.433. The Kier molecular flexibility index (Phi) is 2.03. The molecule has 1 aromatic heterocycles. The zero-order valence-corrected chi connectivity index (χ0v) is 11.1. The van der Waals surface area contributed by atoms with Gasteiger partial charge >= 0.3 is 0 Å². The number of rotatable bonds is 1. The number of allylic oxidation sites excluding steroid dienone is 2. The molecule has 0 N–H and O–H groups in total. The third kappa shape index (κ3) is 1.12. The molecule has 18 heavy (non-hydrogen) atoms. The van der Waals surface area contributed by atoms with Gasteiger partial charge in [0, 0.05) is 29.6 Å². The summed E-state index contributed by atoms with van der Waals surface area (Å²) in [5.41, 5.74) is 4.62. The van der Waals surface area contributed by atoms with E-state index in [1.807, 2.05) is 0 Å². The Bertz CT molecular complexity index is 647. The van der Waals surface area contributed by atoms with Crippen LogP contribution in [0.15, 0.2) is 36.4 Å². The summed E-state index contributed by atoms with van der Waals surface area (Å²) in [6, 6.07) is 8.90. The molecule has 1 heterocycles. The average molecular weight is 237 g/mol. The van der Waals surface area contributed by atoms with Crippen LogP contribution in [0.5, 0.6) is 0 Å². The molecule has 0 saturated carbocycles. The van der Waals surface area contributed by atoms with Crippen LogP contribution in [-0.4, -0.2) is 4.57 Å². The van der Waals surface area contributed by atoms with Gasteiger partial charge in [-0.05, 0) is 36.3 Å². The maximum atomic E-state index is 2.47. The van der Waals surface area contributed by atoms with Crippen molar-refractivity contribution in [2.24, 2.45) is 13.0 Å². The molecule has 1 unspecified atom stereocenters. The van der Waals surface area contributed by atoms with Crippen LogP contribution in [0.2, 0.25) is 0 Å². The Balaban J connectivity index is 2.11. The first-order valence-electron chi connectivity index (χ1n) is 7.06. The van der Waals surface area contributed by atoms with Crippen molar-refractivity contribution in [1.29, 1.82) is 0 Å². The fourth-order valence-corrected chi connectivity index (χ4v) is 4.23. The first kappa shape index (κ1) is 10.4. The minimum absolute atomic E-state index is 0.658. The molecule has 2 aromatic rings. The Morgan fingerprint density at radius 1 is 1.22 bits per heavy atom. The third-order valence-corrected chi connectivity index (χ3v) is 4.99. The van der Waals surface area contributed by atoms with Crippen molar-refractivity contribution in [3.05, 3.63) is 47.7 Å². The third-order valence-electron chi connectivity index (χ3n) is 4.99. The van der Waals surface area contributed by atoms with Crippen molar-refractivity contribution in [3.63, 3.8) is 0 Å². The van der Waals surface area contributed by atoms with Gasteiger partial charge in [-0.1, -0.05) is 37.3 Å². The molecular weight excluding hydrogens is 218 g/mol. The first-order valence-corrected chi connectivity index (χ1v) is 7.06. The van der Waals surface area contributed by atoms with Crippen molar-refractivity contribution in [1.82, 2.24) is 4.57 Å². The number of aromatic nitrogens is 1. The second kappa shape index (κ2) is 3.50. The Morgan fingerprint density at radius 2 is 2.06 bits per heavy atom. The van der Waals surface area contributed by atoms with Crippen LogP contribution in [0.25, 0.3) is 10.9 Å². The van der Waals surface area contributed by atoms with Gasteiger partial charge in [-0.25, -0.2) is 0 Å². The molecule has 1 aromatic carbocycles. The standard InChI is InChI=1S/C17H19N/c1-3-13-11-8-9-12(10-11)17-16(13)14-6-4-5-7-15(14)18(17)2/h4-9,11-13H,3,10H2,1-2H3/t11-,12-,13?/m1/s1. The van der Waals surface area contributed by atoms with Gasteiger partial charge in [-0.3, -0.25) is 0 Å². The summed E-state index contributed by atoms with van der Waals surface area (Å²) in [7, 11) is 2.24. The van der Waals surface area contributed by atoms with Crippen molar-refractivity contribution >= 4 is 10.9 Å². The van der Waals surface area contributed by atoms with Gasteiger partial charge in [0.1, 0.15) is 0 Å². The van der Waals surface area contributed by atoms with Gasteiger partial charge in [-0.2, -0.15) is 0 Å². The number of benzene rings is 1. The van der Waals surface area contributed by atoms with Gasteiger partial charge in [0.15, 0.2) is 0 Å². The number of nitrogens with zero attached hydrogens (tertiary/aromatic N) is 1. The Labute approximate surface area is 108 Å². The lowest BCUT2D eigenvalue weighted by Crippen LogP contribution is -2.18. The predicted octanol–water partition coefficient (Wildman–Crippen LogP) is 4.35. The molecule has 0 radical (unpaired) electrons. The van der Waals surface area contributed by atoms with E-state index in [4.69, 9.17) is 0 Å². The summed E-state index contributed by atoms with van der Waals surface area (Å²) >= 11 is 0. The van der Waals surface area contributed by atoms with Gasteiger partial charge in [0.2, 0.25) is 0 Å². The van der Waals surface area contributed by atoms with E-state index in [1.54, 1.807) is 11.3 Å². The zero-order chi connectivity index (χ0) is 12.3. The van der Waals surface area contributed by atoms with Crippen LogP contribution in [0, 0.1) is 5.92 Å². The van der Waals surface area contributed by atoms with Gasteiger partial charge in [0.25, 0.3) is 0 Å². The number of fused-ring (bicyclic) bond motifs is 6. The fraction of sp³-hybridized carbons (Fsp3) is 0.412. The van der Waals surface area contributed by atoms with Crippen LogP contribution >= 0.6 is 0 Å². The molecule has 0 fully saturated rings. The lowest BCUT2D eigenvalue weighted by atomic mass is 9.75. The summed E-state index contributed by atoms with van der Waals surface area (Å²) in [4.78, 5) is 0. The van der Waals surface area contributed by atoms with Crippen LogP contribution in [0.4, 0.5) is 0 Å². The molecular formula is C17H19N. The number of hydrogen-bond donors (Lipinski definition) is 0. The molecule has 3 atom stereocenters. The van der Waals surface area contributed by atoms with E-state index in [-0.39, 0.29) is 0 Å². The minimum atomic E-state index is 0.658. The Hall–Kier alpha value is -1.50. The highest BCUT2D eigenvalue weighted by molar-refractivity contribution is 5.87. The molecule has 0 spiro atoms. The summed E-state index contributed by atoms with van der Waals surface area (Å²) in [6.45, 7) is 2.34. The highest BCUT2D eigenvalue weighted by Gasteiger charge is 2.38. The topological polar surface area (TPSA) is 4.93 Å². The molecule has 2 aliphatic rings. The van der Waals surface area contributed by atoms with Crippen molar-refractivity contribution in [3.8, 4) is 0 Å². The highest BCUT2D eigenvalue weighted by atomic mass is 15.0. The number of hydrogen-bond acceptors (Lipinski definition) is 0. The predicted molar refractivity (Wildman–Crippen MR) is 75.9 cm³/mol. The van der Waals surface area contributed by atoms with Crippen LogP contribution in [0.1, 0.15) is 42.9 Å². The summed E-state index contributed by atoms with van der Waals surface area (Å²) in [5.74, 6) is 2.16. The molecule has 1 nitrogen and oxygen atoms in total. The molecule has 4 rings (SSSR count). The largest absolute Gasteiger partial charge is 0.347 e. The quantitative estimate of drug-likeness (QED) is 0.650. The smallest absolute Gasteiger partial charge is 0.0483 e. The van der Waals surface area contributed by atoms with E-state index < -0.39 is 0 Å². The van der Waals surface area contributed by atoms with Crippen molar-refractivity contribution in [2.75, 3.05) is 0 Å². The van der Waals surface area contributed by atoms with E-state index in [0.29, 0.717) is 5.92 Å². The summed E-state index contributed by atoms with van der Waals surface area (Å²) in [5, 5.41) is 1.49. The molecule has 0 saturated heterocycles. The molecule has 92 valence electrons.